The predicted molar refractivity (Wildman–Crippen MR) is 106 cm³/mol. The van der Waals surface area contributed by atoms with Crippen LogP contribution >= 0.6 is 0 Å². The van der Waals surface area contributed by atoms with Crippen LogP contribution in [0.1, 0.15) is 32.2 Å². The minimum absolute atomic E-state index is 0.362. The number of carbonyl (C=O) groups is 2. The molecule has 0 saturated heterocycles. The second-order valence-electron chi connectivity index (χ2n) is 6.47. The summed E-state index contributed by atoms with van der Waals surface area (Å²) < 4.78 is 0. The first-order valence-electron chi connectivity index (χ1n) is 8.93. The van der Waals surface area contributed by atoms with Crippen molar-refractivity contribution in [2.75, 3.05) is 6.54 Å². The molecule has 0 bridgehead atoms. The summed E-state index contributed by atoms with van der Waals surface area (Å²) in [6.45, 7) is -0.508. The highest BCUT2D eigenvalue weighted by molar-refractivity contribution is 6.16. The van der Waals surface area contributed by atoms with Gasteiger partial charge in [-0.3, -0.25) is 19.7 Å². The number of Topliss-reactive ketones (excluding diaryl/α,β-unsaturated/α-hetero) is 2. The van der Waals surface area contributed by atoms with Crippen LogP contribution < -0.4 is 0 Å². The molecule has 0 aliphatic carbocycles. The zero-order valence-electron chi connectivity index (χ0n) is 15.1. The molecule has 0 aliphatic rings. The van der Waals surface area contributed by atoms with Crippen molar-refractivity contribution in [3.63, 3.8) is 0 Å². The van der Waals surface area contributed by atoms with Crippen molar-refractivity contribution in [2.24, 2.45) is 5.92 Å². The van der Waals surface area contributed by atoms with Crippen molar-refractivity contribution in [3.8, 4) is 0 Å². The standard InChI is InChI=1S/C23H19NO4/c25-22(18-12-6-2-7-13-18)21(23(26)19-14-8-3-9-15-19)20(16-24(27)28)17-10-4-1-5-11-17/h1-15,20-21H,16H2/t20-/m1/s1. The molecular weight excluding hydrogens is 354 g/mol. The van der Waals surface area contributed by atoms with Crippen molar-refractivity contribution in [1.29, 1.82) is 0 Å². The van der Waals surface area contributed by atoms with Gasteiger partial charge in [0.2, 0.25) is 6.54 Å². The third-order valence-corrected chi connectivity index (χ3v) is 4.66. The summed E-state index contributed by atoms with van der Waals surface area (Å²) in [5.74, 6) is -2.87. The summed E-state index contributed by atoms with van der Waals surface area (Å²) in [6.07, 6.45) is 0. The summed E-state index contributed by atoms with van der Waals surface area (Å²) in [7, 11) is 0. The van der Waals surface area contributed by atoms with E-state index in [4.69, 9.17) is 0 Å². The van der Waals surface area contributed by atoms with Crippen molar-refractivity contribution in [1.82, 2.24) is 0 Å². The van der Waals surface area contributed by atoms with Crippen LogP contribution in [0.3, 0.4) is 0 Å². The average Bonchev–Trinajstić information content (AvgIpc) is 2.74. The lowest BCUT2D eigenvalue weighted by Gasteiger charge is -2.23. The van der Waals surface area contributed by atoms with E-state index < -0.39 is 34.9 Å². The van der Waals surface area contributed by atoms with Gasteiger partial charge in [0.25, 0.3) is 0 Å². The van der Waals surface area contributed by atoms with Gasteiger partial charge in [-0.25, -0.2) is 0 Å². The fraction of sp³-hybridized carbons (Fsp3) is 0.130. The second kappa shape index (κ2) is 8.86. The highest BCUT2D eigenvalue weighted by Crippen LogP contribution is 2.31. The summed E-state index contributed by atoms with van der Waals surface area (Å²) in [4.78, 5) is 37.5. The molecule has 0 N–H and O–H groups in total. The van der Waals surface area contributed by atoms with E-state index in [9.17, 15) is 19.7 Å². The third-order valence-electron chi connectivity index (χ3n) is 4.66. The van der Waals surface area contributed by atoms with Crippen LogP contribution in [0.2, 0.25) is 0 Å². The molecule has 5 nitrogen and oxygen atoms in total. The Balaban J connectivity index is 2.11. The van der Waals surface area contributed by atoms with Gasteiger partial charge >= 0.3 is 0 Å². The molecule has 3 aromatic rings. The number of carbonyl (C=O) groups excluding carboxylic acids is 2. The highest BCUT2D eigenvalue weighted by Gasteiger charge is 2.39. The first kappa shape index (κ1) is 19.2. The molecule has 1 atom stereocenters. The molecule has 0 radical (unpaired) electrons. The quantitative estimate of drug-likeness (QED) is 0.253. The summed E-state index contributed by atoms with van der Waals surface area (Å²) >= 11 is 0. The maximum absolute atomic E-state index is 13.3. The van der Waals surface area contributed by atoms with Crippen molar-refractivity contribution in [3.05, 3.63) is 118 Å². The van der Waals surface area contributed by atoms with Crippen molar-refractivity contribution >= 4 is 11.6 Å². The largest absolute Gasteiger partial charge is 0.293 e. The Kier molecular flexibility index (Phi) is 6.07. The summed E-state index contributed by atoms with van der Waals surface area (Å²) in [5.41, 5.74) is 1.32. The third kappa shape index (κ3) is 4.38. The Labute approximate surface area is 162 Å². The highest BCUT2D eigenvalue weighted by atomic mass is 16.6. The maximum Gasteiger partial charge on any atom is 0.211 e. The topological polar surface area (TPSA) is 77.3 Å². The van der Waals surface area contributed by atoms with E-state index in [1.54, 1.807) is 91.0 Å². The molecule has 3 rings (SSSR count). The molecule has 0 saturated carbocycles. The molecular formula is C23H19NO4. The lowest BCUT2D eigenvalue weighted by molar-refractivity contribution is -0.484. The molecule has 0 unspecified atom stereocenters. The van der Waals surface area contributed by atoms with E-state index in [1.807, 2.05) is 0 Å². The molecule has 28 heavy (non-hydrogen) atoms. The Morgan fingerprint density at radius 2 is 1.11 bits per heavy atom. The molecule has 0 fully saturated rings. The number of nitro groups is 1. The molecule has 0 aliphatic heterocycles. The Morgan fingerprint density at radius 1 is 0.714 bits per heavy atom. The molecule has 0 spiro atoms. The van der Waals surface area contributed by atoms with Gasteiger partial charge in [0.05, 0.1) is 11.8 Å². The van der Waals surface area contributed by atoms with Gasteiger partial charge in [0.15, 0.2) is 11.6 Å². The maximum atomic E-state index is 13.3. The van der Waals surface area contributed by atoms with Gasteiger partial charge < -0.3 is 0 Å². The van der Waals surface area contributed by atoms with Gasteiger partial charge in [-0.2, -0.15) is 0 Å². The molecule has 0 aromatic heterocycles. The monoisotopic (exact) mass is 373 g/mol. The SMILES string of the molecule is O=C(c1ccccc1)C(C(=O)c1ccccc1)[C@H](C[N+](=O)[O-])c1ccccc1. The number of rotatable bonds is 8. The molecule has 0 amide bonds. The smallest absolute Gasteiger partial charge is 0.211 e. The van der Waals surface area contributed by atoms with E-state index in [0.717, 1.165) is 0 Å². The Hall–Kier alpha value is -3.60. The number of hydrogen-bond donors (Lipinski definition) is 0. The van der Waals surface area contributed by atoms with Crippen molar-refractivity contribution in [2.45, 2.75) is 5.92 Å². The number of benzene rings is 3. The van der Waals surface area contributed by atoms with Crippen LogP contribution in [0.15, 0.2) is 91.0 Å². The first-order valence-corrected chi connectivity index (χ1v) is 8.93. The molecule has 140 valence electrons. The van der Waals surface area contributed by atoms with Gasteiger partial charge in [-0.05, 0) is 5.56 Å². The van der Waals surface area contributed by atoms with Gasteiger partial charge in [0.1, 0.15) is 0 Å². The predicted octanol–water partition coefficient (Wildman–Crippen LogP) is 4.43. The Morgan fingerprint density at radius 3 is 1.50 bits per heavy atom. The normalized spacial score (nSPS) is 11.8. The van der Waals surface area contributed by atoms with Gasteiger partial charge in [-0.15, -0.1) is 0 Å². The van der Waals surface area contributed by atoms with E-state index >= 15 is 0 Å². The minimum atomic E-state index is -1.18. The fourth-order valence-corrected chi connectivity index (χ4v) is 3.31. The van der Waals surface area contributed by atoms with Crippen LogP contribution in [0.5, 0.6) is 0 Å². The first-order chi connectivity index (χ1) is 13.6. The van der Waals surface area contributed by atoms with Crippen LogP contribution in [0.25, 0.3) is 0 Å². The molecule has 5 heteroatoms. The molecule has 3 aromatic carbocycles. The van der Waals surface area contributed by atoms with Crippen LogP contribution in [-0.4, -0.2) is 23.0 Å². The second-order valence-corrected chi connectivity index (χ2v) is 6.47. The number of nitrogens with zero attached hydrogens (tertiary/aromatic N) is 1. The fourth-order valence-electron chi connectivity index (χ4n) is 3.31. The van der Waals surface area contributed by atoms with Crippen molar-refractivity contribution < 1.29 is 14.5 Å². The van der Waals surface area contributed by atoms with E-state index in [1.165, 1.54) is 0 Å². The van der Waals surface area contributed by atoms with E-state index in [-0.39, 0.29) is 0 Å². The lowest BCUT2D eigenvalue weighted by Crippen LogP contribution is -2.34. The van der Waals surface area contributed by atoms with E-state index in [2.05, 4.69) is 0 Å². The zero-order chi connectivity index (χ0) is 19.9. The Bertz CT molecular complexity index is 904. The van der Waals surface area contributed by atoms with Crippen LogP contribution in [0.4, 0.5) is 0 Å². The number of hydrogen-bond acceptors (Lipinski definition) is 4. The zero-order valence-corrected chi connectivity index (χ0v) is 15.1. The summed E-state index contributed by atoms with van der Waals surface area (Å²) in [6, 6.07) is 25.6. The average molecular weight is 373 g/mol. The van der Waals surface area contributed by atoms with Gasteiger partial charge in [-0.1, -0.05) is 91.0 Å². The molecule has 0 heterocycles. The lowest BCUT2D eigenvalue weighted by atomic mass is 9.77. The van der Waals surface area contributed by atoms with E-state index in [0.29, 0.717) is 16.7 Å². The minimum Gasteiger partial charge on any atom is -0.293 e. The summed E-state index contributed by atoms with van der Waals surface area (Å²) in [5, 5.41) is 11.4. The number of ketones is 2. The van der Waals surface area contributed by atoms with Crippen LogP contribution in [-0.2, 0) is 0 Å². The van der Waals surface area contributed by atoms with Crippen LogP contribution in [0, 0.1) is 16.0 Å². The van der Waals surface area contributed by atoms with Gasteiger partial charge in [0, 0.05) is 16.1 Å².